The van der Waals surface area contributed by atoms with Crippen molar-refractivity contribution >= 4 is 22.9 Å². The van der Waals surface area contributed by atoms with Crippen LogP contribution in [0, 0.1) is 12.7 Å². The molecule has 0 aliphatic carbocycles. The number of amides is 1. The molecule has 0 radical (unpaired) electrons. The quantitative estimate of drug-likeness (QED) is 0.394. The Labute approximate surface area is 210 Å². The number of nitrogens with zero attached hydrogens (tertiary/aromatic N) is 3. The second-order valence-electron chi connectivity index (χ2n) is 10.3. The number of morpholine rings is 1. The number of carbonyl (C=O) groups excluding carboxylic acids is 1. The van der Waals surface area contributed by atoms with Gasteiger partial charge in [0.2, 0.25) is 0 Å². The monoisotopic (exact) mass is 486 g/mol. The van der Waals surface area contributed by atoms with Crippen LogP contribution in [0.15, 0.2) is 61.1 Å². The predicted molar refractivity (Wildman–Crippen MR) is 141 cm³/mol. The maximum atomic E-state index is 15.0. The van der Waals surface area contributed by atoms with E-state index in [-0.39, 0.29) is 11.0 Å². The number of benzene rings is 2. The highest BCUT2D eigenvalue weighted by Crippen LogP contribution is 2.32. The molecule has 2 aromatic carbocycles. The largest absolute Gasteiger partial charge is 0.378 e. The number of ether oxygens (including phenoxy) is 1. The van der Waals surface area contributed by atoms with Gasteiger partial charge < -0.3 is 19.4 Å². The van der Waals surface area contributed by atoms with Gasteiger partial charge in [0.05, 0.1) is 24.5 Å². The van der Waals surface area contributed by atoms with Crippen molar-refractivity contribution in [3.8, 4) is 11.1 Å². The topological polar surface area (TPSA) is 58.9 Å². The Morgan fingerprint density at radius 3 is 2.64 bits per heavy atom. The molecule has 0 saturated carbocycles. The Hall–Kier alpha value is -3.71. The highest BCUT2D eigenvalue weighted by molar-refractivity contribution is 6.05. The van der Waals surface area contributed by atoms with Gasteiger partial charge in [-0.15, -0.1) is 0 Å². The van der Waals surface area contributed by atoms with Crippen LogP contribution in [0.2, 0.25) is 0 Å². The molecule has 0 spiro atoms. The number of aryl methyl sites for hydroxylation is 1. The smallest absolute Gasteiger partial charge is 0.258 e. The average molecular weight is 487 g/mol. The Balaban J connectivity index is 1.52. The van der Waals surface area contributed by atoms with Crippen LogP contribution in [0.4, 0.5) is 15.8 Å². The van der Waals surface area contributed by atoms with E-state index in [0.29, 0.717) is 18.9 Å². The summed E-state index contributed by atoms with van der Waals surface area (Å²) in [5, 5.41) is 2.88. The van der Waals surface area contributed by atoms with Crippen LogP contribution in [0.5, 0.6) is 0 Å². The number of nitrogens with one attached hydrogen (secondary N) is 1. The Morgan fingerprint density at radius 2 is 1.89 bits per heavy atom. The van der Waals surface area contributed by atoms with Crippen LogP contribution in [-0.4, -0.2) is 41.6 Å². The fraction of sp³-hybridized carbons (Fsp3) is 0.310. The van der Waals surface area contributed by atoms with E-state index in [0.717, 1.165) is 46.7 Å². The third-order valence-corrected chi connectivity index (χ3v) is 6.68. The van der Waals surface area contributed by atoms with Crippen LogP contribution in [0.3, 0.4) is 0 Å². The maximum Gasteiger partial charge on any atom is 0.258 e. The van der Waals surface area contributed by atoms with Crippen molar-refractivity contribution < 1.29 is 13.9 Å². The van der Waals surface area contributed by atoms with Crippen molar-refractivity contribution in [1.82, 2.24) is 9.38 Å². The number of anilines is 2. The van der Waals surface area contributed by atoms with Crippen molar-refractivity contribution in [2.45, 2.75) is 33.1 Å². The number of carbonyl (C=O) groups is 1. The molecule has 7 heteroatoms. The lowest BCUT2D eigenvalue weighted by Crippen LogP contribution is -2.36. The molecule has 3 heterocycles. The van der Waals surface area contributed by atoms with Gasteiger partial charge in [-0.3, -0.25) is 4.79 Å². The highest BCUT2D eigenvalue weighted by atomic mass is 19.1. The summed E-state index contributed by atoms with van der Waals surface area (Å²) in [6.07, 6.45) is 5.64. The van der Waals surface area contributed by atoms with Gasteiger partial charge in [0, 0.05) is 42.9 Å². The van der Waals surface area contributed by atoms with Crippen LogP contribution in [0.1, 0.15) is 42.3 Å². The first-order chi connectivity index (χ1) is 17.2. The van der Waals surface area contributed by atoms with E-state index in [2.05, 4.69) is 42.0 Å². The minimum absolute atomic E-state index is 0.00964. The molecule has 1 N–H and O–H groups in total. The molecular weight excluding hydrogens is 455 g/mol. The minimum atomic E-state index is -0.544. The van der Waals surface area contributed by atoms with Gasteiger partial charge in [0.1, 0.15) is 5.82 Å². The molecule has 1 amide bonds. The molecule has 1 aliphatic rings. The van der Waals surface area contributed by atoms with Gasteiger partial charge in [-0.1, -0.05) is 32.9 Å². The van der Waals surface area contributed by atoms with E-state index in [9.17, 15) is 4.79 Å². The Bertz CT molecular complexity index is 1430. The van der Waals surface area contributed by atoms with E-state index in [1.807, 2.05) is 48.0 Å². The molecule has 4 aromatic rings. The summed E-state index contributed by atoms with van der Waals surface area (Å²) >= 11 is 0. The predicted octanol–water partition coefficient (Wildman–Crippen LogP) is 5.84. The van der Waals surface area contributed by atoms with Crippen molar-refractivity contribution in [2.75, 3.05) is 36.5 Å². The van der Waals surface area contributed by atoms with Crippen molar-refractivity contribution in [2.24, 2.45) is 0 Å². The van der Waals surface area contributed by atoms with E-state index in [4.69, 9.17) is 4.74 Å². The van der Waals surface area contributed by atoms with Crippen molar-refractivity contribution in [3.63, 3.8) is 0 Å². The van der Waals surface area contributed by atoms with Gasteiger partial charge in [0.15, 0.2) is 5.65 Å². The SMILES string of the molecule is Cc1cc(F)c(C(=O)Nc2cccc(C(C)(C)C)c2)cc1-c1cc(N2CCOCC2)c2nccn2c1. The summed E-state index contributed by atoms with van der Waals surface area (Å²) in [6.45, 7) is 11.1. The molecule has 1 aliphatic heterocycles. The van der Waals surface area contributed by atoms with E-state index < -0.39 is 11.7 Å². The fourth-order valence-corrected chi connectivity index (χ4v) is 4.62. The molecule has 1 fully saturated rings. The zero-order chi connectivity index (χ0) is 25.4. The third kappa shape index (κ3) is 4.71. The number of pyridine rings is 1. The normalized spacial score (nSPS) is 14.3. The molecule has 2 aromatic heterocycles. The summed E-state index contributed by atoms with van der Waals surface area (Å²) in [7, 11) is 0. The molecule has 6 nitrogen and oxygen atoms in total. The molecule has 36 heavy (non-hydrogen) atoms. The molecule has 5 rings (SSSR count). The molecule has 1 saturated heterocycles. The van der Waals surface area contributed by atoms with Crippen LogP contribution < -0.4 is 10.2 Å². The first kappa shape index (κ1) is 24.0. The number of rotatable bonds is 4. The highest BCUT2D eigenvalue weighted by Gasteiger charge is 2.20. The number of halogens is 1. The maximum absolute atomic E-state index is 15.0. The zero-order valence-electron chi connectivity index (χ0n) is 21.1. The first-order valence-electron chi connectivity index (χ1n) is 12.2. The number of aromatic nitrogens is 2. The molecule has 0 unspecified atom stereocenters. The standard InChI is InChI=1S/C29H31FN4O2/c1-19-14-25(30)24(28(35)32-22-7-5-6-21(16-22)29(2,3)4)17-23(19)20-15-26(33-10-12-36-13-11-33)27-31-8-9-34(27)18-20/h5-9,14-18H,10-13H2,1-4H3,(H,32,35). The number of imidazole rings is 1. The second-order valence-corrected chi connectivity index (χ2v) is 10.3. The summed E-state index contributed by atoms with van der Waals surface area (Å²) < 4.78 is 22.5. The average Bonchev–Trinajstić information content (AvgIpc) is 3.32. The van der Waals surface area contributed by atoms with Gasteiger partial charge in [-0.2, -0.15) is 0 Å². The zero-order valence-corrected chi connectivity index (χ0v) is 21.1. The van der Waals surface area contributed by atoms with Gasteiger partial charge in [0.25, 0.3) is 5.91 Å². The minimum Gasteiger partial charge on any atom is -0.378 e. The molecular formula is C29H31FN4O2. The van der Waals surface area contributed by atoms with Crippen LogP contribution in [-0.2, 0) is 10.2 Å². The van der Waals surface area contributed by atoms with Crippen molar-refractivity contribution in [1.29, 1.82) is 0 Å². The summed E-state index contributed by atoms with van der Waals surface area (Å²) in [5.74, 6) is -1.02. The van der Waals surface area contributed by atoms with Crippen LogP contribution in [0.25, 0.3) is 16.8 Å². The van der Waals surface area contributed by atoms with E-state index in [1.54, 1.807) is 12.3 Å². The summed E-state index contributed by atoms with van der Waals surface area (Å²) in [4.78, 5) is 20.0. The molecule has 0 bridgehead atoms. The van der Waals surface area contributed by atoms with Gasteiger partial charge in [-0.05, 0) is 59.4 Å². The Kier molecular flexibility index (Phi) is 6.26. The number of fused-ring (bicyclic) bond motifs is 1. The lowest BCUT2D eigenvalue weighted by molar-refractivity contribution is 0.102. The van der Waals surface area contributed by atoms with Gasteiger partial charge >= 0.3 is 0 Å². The lowest BCUT2D eigenvalue weighted by Gasteiger charge is -2.29. The Morgan fingerprint density at radius 1 is 1.11 bits per heavy atom. The first-order valence-corrected chi connectivity index (χ1v) is 12.2. The van der Waals surface area contributed by atoms with E-state index >= 15 is 4.39 Å². The number of hydrogen-bond acceptors (Lipinski definition) is 4. The van der Waals surface area contributed by atoms with E-state index in [1.165, 1.54) is 6.07 Å². The fourth-order valence-electron chi connectivity index (χ4n) is 4.62. The summed E-state index contributed by atoms with van der Waals surface area (Å²) in [5.41, 5.74) is 5.98. The summed E-state index contributed by atoms with van der Waals surface area (Å²) in [6, 6.07) is 12.8. The van der Waals surface area contributed by atoms with Crippen LogP contribution >= 0.6 is 0 Å². The third-order valence-electron chi connectivity index (χ3n) is 6.68. The molecule has 0 atom stereocenters. The molecule has 186 valence electrons. The second kappa shape index (κ2) is 9.39. The lowest BCUT2D eigenvalue weighted by atomic mass is 9.87. The van der Waals surface area contributed by atoms with Crippen molar-refractivity contribution in [3.05, 3.63) is 83.6 Å². The number of hydrogen-bond donors (Lipinski definition) is 1. The van der Waals surface area contributed by atoms with Gasteiger partial charge in [-0.25, -0.2) is 9.37 Å².